The zero-order valence-corrected chi connectivity index (χ0v) is 7.21. The molecule has 0 aliphatic heterocycles. The molecule has 0 spiro atoms. The summed E-state index contributed by atoms with van der Waals surface area (Å²) in [6, 6.07) is 7.29. The van der Waals surface area contributed by atoms with Gasteiger partial charge in [0, 0.05) is 5.02 Å². The molecule has 0 saturated heterocycles. The number of primary amides is 1. The molecule has 0 aliphatic carbocycles. The standard InChI is InChI=1S/C9H9ClNO/c10-8-4-1-7(2-5-8)3-6-9(11)12/h1-2,4-6H,3H2,(H2,11,12). The third-order valence-electron chi connectivity index (χ3n) is 1.45. The van der Waals surface area contributed by atoms with Gasteiger partial charge >= 0.3 is 0 Å². The first-order valence-electron chi connectivity index (χ1n) is 3.55. The summed E-state index contributed by atoms with van der Waals surface area (Å²) in [6.07, 6.45) is 2.00. The summed E-state index contributed by atoms with van der Waals surface area (Å²) in [7, 11) is 0. The maximum absolute atomic E-state index is 10.4. The lowest BCUT2D eigenvalue weighted by Gasteiger charge is -1.97. The number of benzene rings is 1. The Morgan fingerprint density at radius 2 is 2.00 bits per heavy atom. The molecule has 0 atom stereocenters. The van der Waals surface area contributed by atoms with Gasteiger partial charge in [0.1, 0.15) is 0 Å². The van der Waals surface area contributed by atoms with Gasteiger partial charge in [0.05, 0.1) is 6.42 Å². The zero-order chi connectivity index (χ0) is 8.97. The maximum atomic E-state index is 10.4. The van der Waals surface area contributed by atoms with Crippen LogP contribution in [0.1, 0.15) is 5.56 Å². The Balaban J connectivity index is 2.53. The van der Waals surface area contributed by atoms with Gasteiger partial charge in [0.25, 0.3) is 0 Å². The minimum absolute atomic E-state index is 0.398. The number of carbonyl (C=O) groups excluding carboxylic acids is 1. The topological polar surface area (TPSA) is 43.1 Å². The fourth-order valence-electron chi connectivity index (χ4n) is 0.839. The smallest absolute Gasteiger partial charge is 0.221 e. The molecule has 0 aromatic heterocycles. The van der Waals surface area contributed by atoms with Crippen molar-refractivity contribution in [2.75, 3.05) is 0 Å². The number of hydrogen-bond donors (Lipinski definition) is 1. The van der Waals surface area contributed by atoms with E-state index in [0.29, 0.717) is 11.4 Å². The van der Waals surface area contributed by atoms with Crippen LogP contribution in [0, 0.1) is 6.42 Å². The van der Waals surface area contributed by atoms with E-state index in [1.54, 1.807) is 12.1 Å². The molecule has 1 aromatic carbocycles. The van der Waals surface area contributed by atoms with Crippen LogP contribution in [0.3, 0.4) is 0 Å². The summed E-state index contributed by atoms with van der Waals surface area (Å²) in [4.78, 5) is 10.4. The highest BCUT2D eigenvalue weighted by atomic mass is 35.5. The Morgan fingerprint density at radius 3 is 2.50 bits per heavy atom. The van der Waals surface area contributed by atoms with E-state index in [9.17, 15) is 4.79 Å². The molecule has 1 amide bonds. The van der Waals surface area contributed by atoms with E-state index in [4.69, 9.17) is 17.3 Å². The first-order chi connectivity index (χ1) is 5.68. The van der Waals surface area contributed by atoms with Crippen molar-refractivity contribution in [1.82, 2.24) is 0 Å². The van der Waals surface area contributed by atoms with Gasteiger partial charge in [-0.3, -0.25) is 4.79 Å². The molecule has 0 saturated carbocycles. The van der Waals surface area contributed by atoms with Crippen molar-refractivity contribution in [3.63, 3.8) is 0 Å². The normalized spacial score (nSPS) is 9.75. The first kappa shape index (κ1) is 9.07. The van der Waals surface area contributed by atoms with Crippen LogP contribution in [0.2, 0.25) is 5.02 Å². The zero-order valence-electron chi connectivity index (χ0n) is 6.46. The second-order valence-corrected chi connectivity index (χ2v) is 2.87. The third-order valence-corrected chi connectivity index (χ3v) is 1.70. The Bertz CT molecular complexity index is 268. The number of rotatable bonds is 3. The molecule has 12 heavy (non-hydrogen) atoms. The van der Waals surface area contributed by atoms with Gasteiger partial charge in [0.2, 0.25) is 5.91 Å². The van der Waals surface area contributed by atoms with Crippen LogP contribution >= 0.6 is 11.6 Å². The van der Waals surface area contributed by atoms with E-state index in [1.165, 1.54) is 6.42 Å². The van der Waals surface area contributed by atoms with Crippen molar-refractivity contribution < 1.29 is 4.79 Å². The molecule has 0 heterocycles. The molecule has 2 N–H and O–H groups in total. The van der Waals surface area contributed by atoms with Crippen molar-refractivity contribution >= 4 is 17.5 Å². The van der Waals surface area contributed by atoms with Crippen molar-refractivity contribution in [3.8, 4) is 0 Å². The van der Waals surface area contributed by atoms with Crippen LogP contribution in [0.15, 0.2) is 24.3 Å². The van der Waals surface area contributed by atoms with Gasteiger partial charge in [-0.05, 0) is 24.1 Å². The minimum atomic E-state index is -0.398. The predicted octanol–water partition coefficient (Wildman–Crippen LogP) is 1.57. The van der Waals surface area contributed by atoms with Crippen molar-refractivity contribution in [2.45, 2.75) is 6.42 Å². The molecule has 0 fully saturated rings. The molecule has 3 heteroatoms. The minimum Gasteiger partial charge on any atom is -0.369 e. The lowest BCUT2D eigenvalue weighted by Crippen LogP contribution is -2.12. The van der Waals surface area contributed by atoms with E-state index < -0.39 is 5.91 Å². The lowest BCUT2D eigenvalue weighted by atomic mass is 10.1. The van der Waals surface area contributed by atoms with Crippen LogP contribution in [0.5, 0.6) is 0 Å². The third kappa shape index (κ3) is 2.93. The highest BCUT2D eigenvalue weighted by Gasteiger charge is 1.97. The fraction of sp³-hybridized carbons (Fsp3) is 0.111. The number of nitrogens with two attached hydrogens (primary N) is 1. The van der Waals surface area contributed by atoms with E-state index in [1.807, 2.05) is 12.1 Å². The van der Waals surface area contributed by atoms with E-state index in [-0.39, 0.29) is 0 Å². The Hall–Kier alpha value is -1.02. The lowest BCUT2D eigenvalue weighted by molar-refractivity contribution is -0.115. The summed E-state index contributed by atoms with van der Waals surface area (Å²) in [6.45, 7) is 0. The summed E-state index contributed by atoms with van der Waals surface area (Å²) in [5, 5.41) is 0.692. The second-order valence-electron chi connectivity index (χ2n) is 2.44. The van der Waals surface area contributed by atoms with Gasteiger partial charge in [-0.2, -0.15) is 0 Å². The monoisotopic (exact) mass is 182 g/mol. The Morgan fingerprint density at radius 1 is 1.42 bits per heavy atom. The van der Waals surface area contributed by atoms with E-state index in [2.05, 4.69) is 0 Å². The number of carbonyl (C=O) groups is 1. The van der Waals surface area contributed by atoms with Crippen LogP contribution in [-0.2, 0) is 11.2 Å². The van der Waals surface area contributed by atoms with Crippen LogP contribution in [0.25, 0.3) is 0 Å². The quantitative estimate of drug-likeness (QED) is 0.758. The number of halogens is 1. The number of amides is 1. The van der Waals surface area contributed by atoms with Crippen molar-refractivity contribution in [1.29, 1.82) is 0 Å². The summed E-state index contributed by atoms with van der Waals surface area (Å²) in [5.41, 5.74) is 5.98. The highest BCUT2D eigenvalue weighted by molar-refractivity contribution is 6.30. The average Bonchev–Trinajstić information content (AvgIpc) is 2.03. The first-order valence-corrected chi connectivity index (χ1v) is 3.93. The highest BCUT2D eigenvalue weighted by Crippen LogP contribution is 2.10. The summed E-state index contributed by atoms with van der Waals surface area (Å²) in [5.74, 6) is -0.398. The fourth-order valence-corrected chi connectivity index (χ4v) is 0.965. The molecule has 0 unspecified atom stereocenters. The Kier molecular flexibility index (Phi) is 3.11. The molecule has 0 bridgehead atoms. The molecular formula is C9H9ClNO. The molecule has 1 rings (SSSR count). The number of hydrogen-bond acceptors (Lipinski definition) is 1. The molecule has 0 aliphatic rings. The van der Waals surface area contributed by atoms with Crippen LogP contribution in [0.4, 0.5) is 0 Å². The molecule has 1 aromatic rings. The summed E-state index contributed by atoms with van der Waals surface area (Å²) < 4.78 is 0. The van der Waals surface area contributed by atoms with Gasteiger partial charge < -0.3 is 5.73 Å². The molecule has 1 radical (unpaired) electrons. The second kappa shape index (κ2) is 4.12. The predicted molar refractivity (Wildman–Crippen MR) is 48.7 cm³/mol. The van der Waals surface area contributed by atoms with E-state index in [0.717, 1.165) is 5.56 Å². The summed E-state index contributed by atoms with van der Waals surface area (Å²) >= 11 is 5.67. The van der Waals surface area contributed by atoms with Crippen LogP contribution < -0.4 is 5.73 Å². The molecular weight excluding hydrogens is 174 g/mol. The van der Waals surface area contributed by atoms with Gasteiger partial charge in [-0.25, -0.2) is 0 Å². The maximum Gasteiger partial charge on any atom is 0.221 e. The average molecular weight is 183 g/mol. The largest absolute Gasteiger partial charge is 0.369 e. The molecule has 63 valence electrons. The molecule has 2 nitrogen and oxygen atoms in total. The van der Waals surface area contributed by atoms with Gasteiger partial charge in [-0.15, -0.1) is 0 Å². The SMILES string of the molecule is NC(=O)[CH]Cc1ccc(Cl)cc1. The van der Waals surface area contributed by atoms with Crippen LogP contribution in [-0.4, -0.2) is 5.91 Å². The van der Waals surface area contributed by atoms with E-state index >= 15 is 0 Å². The van der Waals surface area contributed by atoms with Gasteiger partial charge in [-0.1, -0.05) is 23.7 Å². The van der Waals surface area contributed by atoms with Crippen molar-refractivity contribution in [2.24, 2.45) is 5.73 Å². The van der Waals surface area contributed by atoms with Gasteiger partial charge in [0.15, 0.2) is 0 Å². The Labute approximate surface area is 76.3 Å². The van der Waals surface area contributed by atoms with Crippen molar-refractivity contribution in [3.05, 3.63) is 41.3 Å².